The van der Waals surface area contributed by atoms with E-state index in [4.69, 9.17) is 0 Å². The zero-order valence-corrected chi connectivity index (χ0v) is 20.3. The van der Waals surface area contributed by atoms with Crippen molar-refractivity contribution in [3.05, 3.63) is 65.8 Å². The predicted molar refractivity (Wildman–Crippen MR) is 119 cm³/mol. The molecule has 1 amide bonds. The lowest BCUT2D eigenvalue weighted by atomic mass is 10.2. The van der Waals surface area contributed by atoms with Gasteiger partial charge in [-0.3, -0.25) is 4.79 Å². The number of hydrogen-bond donors (Lipinski definition) is 1. The third-order valence-corrected chi connectivity index (χ3v) is 7.97. The van der Waals surface area contributed by atoms with Crippen molar-refractivity contribution in [1.29, 1.82) is 0 Å². The molecule has 2 atom stereocenters. The topological polar surface area (TPSA) is 110 Å². The third-order valence-electron chi connectivity index (χ3n) is 5.93. The maximum Gasteiger partial charge on any atom is 0.451 e. The van der Waals surface area contributed by atoms with Crippen molar-refractivity contribution in [2.24, 2.45) is 0 Å². The predicted octanol–water partition coefficient (Wildman–Crippen LogP) is 3.62. The highest BCUT2D eigenvalue weighted by molar-refractivity contribution is 7.89. The molecule has 2 aromatic heterocycles. The highest BCUT2D eigenvalue weighted by Gasteiger charge is 2.43. The smallest absolute Gasteiger partial charge is 0.350 e. The van der Waals surface area contributed by atoms with Crippen LogP contribution in [-0.2, 0) is 27.5 Å². The van der Waals surface area contributed by atoms with Crippen molar-refractivity contribution in [3.8, 4) is 5.69 Å². The minimum absolute atomic E-state index is 0.126. The molecule has 1 fully saturated rings. The number of carbonyl (C=O) groups excluding carboxylic acids is 1. The minimum Gasteiger partial charge on any atom is -0.350 e. The maximum atomic E-state index is 13.6. The lowest BCUT2D eigenvalue weighted by Gasteiger charge is -2.27. The molecule has 0 saturated carbocycles. The quantitative estimate of drug-likeness (QED) is 0.441. The Morgan fingerprint density at radius 3 is 2.34 bits per heavy atom. The lowest BCUT2D eigenvalue weighted by molar-refractivity contribution is -0.145. The average molecular weight is 562 g/mol. The van der Waals surface area contributed by atoms with Crippen LogP contribution in [0.15, 0.2) is 47.8 Å². The average Bonchev–Trinajstić information content (AvgIpc) is 3.47. The fourth-order valence-corrected chi connectivity index (χ4v) is 5.94. The number of nitrogens with one attached hydrogen (secondary N) is 1. The SMILES string of the molecule is C[C@H]1CC[C@@H](C(=O)NCc2cn(-c3cnc(C(F)(F)F)nc3)nc2C(F)F)N1S(=O)(=O)c1ccc(F)cc1. The highest BCUT2D eigenvalue weighted by Crippen LogP contribution is 2.32. The largest absolute Gasteiger partial charge is 0.451 e. The van der Waals surface area contributed by atoms with Crippen LogP contribution < -0.4 is 5.32 Å². The molecule has 4 rings (SSSR count). The second-order valence-electron chi connectivity index (χ2n) is 8.50. The number of alkyl halides is 5. The molecule has 0 unspecified atom stereocenters. The standard InChI is InChI=1S/C22H20F6N6O3S/c1-12-2-7-17(34(12)38(36,37)16-5-3-14(23)4-6-16)20(35)29-8-13-11-33(32-18(13)19(24)25)15-9-30-21(31-10-15)22(26,27)28/h3-6,9-12,17,19H,2,7-8H2,1H3,(H,29,35)/t12-,17-/m0/s1. The Kier molecular flexibility index (Phi) is 7.47. The van der Waals surface area contributed by atoms with Gasteiger partial charge in [-0.25, -0.2) is 36.2 Å². The number of halogens is 6. The molecule has 1 saturated heterocycles. The van der Waals surface area contributed by atoms with E-state index in [1.807, 2.05) is 0 Å². The maximum absolute atomic E-state index is 13.6. The summed E-state index contributed by atoms with van der Waals surface area (Å²) in [4.78, 5) is 19.1. The van der Waals surface area contributed by atoms with Crippen LogP contribution in [0.25, 0.3) is 5.69 Å². The Morgan fingerprint density at radius 1 is 1.13 bits per heavy atom. The van der Waals surface area contributed by atoms with E-state index in [2.05, 4.69) is 20.4 Å². The summed E-state index contributed by atoms with van der Waals surface area (Å²) < 4.78 is 107. The third kappa shape index (κ3) is 5.50. The molecule has 0 radical (unpaired) electrons. The number of carbonyl (C=O) groups is 1. The zero-order chi connectivity index (χ0) is 27.8. The van der Waals surface area contributed by atoms with Crippen LogP contribution in [0.2, 0.25) is 0 Å². The number of hydrogen-bond acceptors (Lipinski definition) is 6. The molecule has 3 heterocycles. The van der Waals surface area contributed by atoms with Crippen LogP contribution in [-0.4, -0.2) is 50.5 Å². The van der Waals surface area contributed by atoms with Gasteiger partial charge in [0.15, 0.2) is 0 Å². The minimum atomic E-state index is -4.79. The molecule has 9 nitrogen and oxygen atoms in total. The molecular formula is C22H20F6N6O3S. The van der Waals surface area contributed by atoms with Gasteiger partial charge in [0.1, 0.15) is 23.2 Å². The van der Waals surface area contributed by atoms with Crippen LogP contribution in [0, 0.1) is 5.82 Å². The molecule has 3 aromatic rings. The second kappa shape index (κ2) is 10.3. The van der Waals surface area contributed by atoms with Gasteiger partial charge in [0.2, 0.25) is 21.8 Å². The van der Waals surface area contributed by atoms with E-state index in [1.165, 1.54) is 0 Å². The molecule has 1 aliphatic rings. The first-order valence-corrected chi connectivity index (χ1v) is 12.6. The van der Waals surface area contributed by atoms with E-state index in [-0.39, 0.29) is 22.6 Å². The van der Waals surface area contributed by atoms with Gasteiger partial charge in [0.05, 0.1) is 17.3 Å². The summed E-state index contributed by atoms with van der Waals surface area (Å²) in [5.74, 6) is -2.79. The molecule has 0 aliphatic carbocycles. The second-order valence-corrected chi connectivity index (χ2v) is 10.3. The summed E-state index contributed by atoms with van der Waals surface area (Å²) in [6, 6.07) is 2.42. The zero-order valence-electron chi connectivity index (χ0n) is 19.5. The van der Waals surface area contributed by atoms with E-state index < -0.39 is 64.5 Å². The molecule has 1 aliphatic heterocycles. The summed E-state index contributed by atoms with van der Waals surface area (Å²) >= 11 is 0. The number of sulfonamides is 1. The Morgan fingerprint density at radius 2 is 1.76 bits per heavy atom. The van der Waals surface area contributed by atoms with E-state index in [0.29, 0.717) is 6.42 Å². The van der Waals surface area contributed by atoms with Gasteiger partial charge >= 0.3 is 6.18 Å². The monoisotopic (exact) mass is 562 g/mol. The Bertz CT molecular complexity index is 1410. The number of nitrogens with zero attached hydrogens (tertiary/aromatic N) is 5. The summed E-state index contributed by atoms with van der Waals surface area (Å²) in [5.41, 5.74) is -1.01. The van der Waals surface area contributed by atoms with Gasteiger partial charge in [-0.15, -0.1) is 0 Å². The van der Waals surface area contributed by atoms with Crippen molar-refractivity contribution in [2.75, 3.05) is 0 Å². The van der Waals surface area contributed by atoms with Crippen molar-refractivity contribution >= 4 is 15.9 Å². The number of aromatic nitrogens is 4. The summed E-state index contributed by atoms with van der Waals surface area (Å²) in [6.45, 7) is 1.15. The number of amides is 1. The normalized spacial score (nSPS) is 18.7. The van der Waals surface area contributed by atoms with Crippen LogP contribution in [0.1, 0.15) is 43.3 Å². The van der Waals surface area contributed by atoms with Crippen molar-refractivity contribution in [2.45, 2.75) is 55.9 Å². The molecule has 0 spiro atoms. The first-order chi connectivity index (χ1) is 17.8. The van der Waals surface area contributed by atoms with Crippen LogP contribution in [0.3, 0.4) is 0 Å². The van der Waals surface area contributed by atoms with Crippen LogP contribution in [0.5, 0.6) is 0 Å². The Balaban J connectivity index is 1.53. The van der Waals surface area contributed by atoms with Gasteiger partial charge in [-0.2, -0.15) is 22.6 Å². The van der Waals surface area contributed by atoms with Gasteiger partial charge in [0.25, 0.3) is 6.43 Å². The van der Waals surface area contributed by atoms with E-state index in [0.717, 1.165) is 51.8 Å². The van der Waals surface area contributed by atoms with Gasteiger partial charge < -0.3 is 5.32 Å². The van der Waals surface area contributed by atoms with Crippen molar-refractivity contribution < 1.29 is 39.6 Å². The molecule has 38 heavy (non-hydrogen) atoms. The van der Waals surface area contributed by atoms with Crippen molar-refractivity contribution in [3.63, 3.8) is 0 Å². The highest BCUT2D eigenvalue weighted by atomic mass is 32.2. The van der Waals surface area contributed by atoms with Gasteiger partial charge in [-0.1, -0.05) is 0 Å². The van der Waals surface area contributed by atoms with E-state index >= 15 is 0 Å². The number of rotatable bonds is 7. The lowest BCUT2D eigenvalue weighted by Crippen LogP contribution is -2.48. The van der Waals surface area contributed by atoms with Crippen molar-refractivity contribution in [1.82, 2.24) is 29.4 Å². The number of benzene rings is 1. The Labute approximate surface area is 212 Å². The molecule has 0 bridgehead atoms. The fraction of sp³-hybridized carbons (Fsp3) is 0.364. The van der Waals surface area contributed by atoms with Gasteiger partial charge in [0, 0.05) is 24.3 Å². The first kappa shape index (κ1) is 27.5. The molecular weight excluding hydrogens is 542 g/mol. The van der Waals surface area contributed by atoms with Gasteiger partial charge in [-0.05, 0) is 44.0 Å². The van der Waals surface area contributed by atoms with E-state index in [9.17, 15) is 39.6 Å². The first-order valence-electron chi connectivity index (χ1n) is 11.1. The molecule has 1 aromatic carbocycles. The Hall–Kier alpha value is -3.53. The molecule has 204 valence electrons. The molecule has 1 N–H and O–H groups in total. The summed E-state index contributed by atoms with van der Waals surface area (Å²) in [7, 11) is -4.17. The van der Waals surface area contributed by atoms with E-state index in [1.54, 1.807) is 6.92 Å². The van der Waals surface area contributed by atoms with Crippen LogP contribution >= 0.6 is 0 Å². The van der Waals surface area contributed by atoms with Crippen LogP contribution in [0.4, 0.5) is 26.3 Å². The fourth-order valence-electron chi connectivity index (χ4n) is 4.10. The summed E-state index contributed by atoms with van der Waals surface area (Å²) in [6.07, 6.45) is -4.75. The molecule has 16 heteroatoms. The summed E-state index contributed by atoms with van der Waals surface area (Å²) in [5, 5.41) is 6.12.